The van der Waals surface area contributed by atoms with Crippen LogP contribution in [0.2, 0.25) is 0 Å². The number of hydrogen-bond acceptors (Lipinski definition) is 17. The Bertz CT molecular complexity index is 3650. The van der Waals surface area contributed by atoms with E-state index in [1.54, 1.807) is 80.6 Å². The summed E-state index contributed by atoms with van der Waals surface area (Å²) in [6, 6.07) is 38.7. The van der Waals surface area contributed by atoms with E-state index in [1.165, 1.54) is 28.8 Å². The first-order valence-corrected chi connectivity index (χ1v) is 33.9. The number of fused-ring (bicyclic) bond motifs is 1. The van der Waals surface area contributed by atoms with Gasteiger partial charge in [-0.05, 0) is 116 Å². The summed E-state index contributed by atoms with van der Waals surface area (Å²) >= 11 is 0. The van der Waals surface area contributed by atoms with Crippen LogP contribution in [0.25, 0.3) is 10.9 Å². The number of esters is 2. The number of nitro groups is 1. The Hall–Kier alpha value is -9.85. The molecule has 3 atom stereocenters. The number of carboxylic acid groups (broad SMARTS) is 1. The zero-order valence-electron chi connectivity index (χ0n) is 58.7. The smallest absolute Gasteiger partial charge is 0.419 e. The number of hydrogen-bond donors (Lipinski definition) is 6. The van der Waals surface area contributed by atoms with Crippen LogP contribution >= 0.6 is 0 Å². The van der Waals surface area contributed by atoms with Gasteiger partial charge in [0, 0.05) is 75.8 Å². The fourth-order valence-corrected chi connectivity index (χ4v) is 12.2. The van der Waals surface area contributed by atoms with Gasteiger partial charge in [0.25, 0.3) is 5.69 Å². The molecule has 6 aromatic rings. The molecule has 536 valence electrons. The van der Waals surface area contributed by atoms with Crippen LogP contribution in [-0.2, 0) is 64.5 Å². The number of aromatic nitrogens is 1. The molecular formula is C75H96N10O15. The summed E-state index contributed by atoms with van der Waals surface area (Å²) in [6.45, 7) is 16.5. The molecule has 5 amide bonds. The predicted octanol–water partition coefficient (Wildman–Crippen LogP) is 8.35. The number of aliphatic carboxylic acids is 1. The van der Waals surface area contributed by atoms with Gasteiger partial charge in [0.05, 0.1) is 60.7 Å². The quantitative estimate of drug-likeness (QED) is 0.00616. The normalized spacial score (nSPS) is 14.5. The molecule has 0 radical (unpaired) electrons. The Morgan fingerprint density at radius 3 is 1.57 bits per heavy atom. The Morgan fingerprint density at radius 1 is 0.550 bits per heavy atom. The molecule has 1 aromatic heterocycles. The first-order chi connectivity index (χ1) is 47.4. The number of para-hydroxylation sites is 2. The van der Waals surface area contributed by atoms with Gasteiger partial charge in [0.15, 0.2) is 0 Å². The van der Waals surface area contributed by atoms with Crippen LogP contribution in [0.4, 0.5) is 10.5 Å². The van der Waals surface area contributed by atoms with Crippen molar-refractivity contribution in [3.8, 4) is 0 Å². The van der Waals surface area contributed by atoms with E-state index in [2.05, 4.69) is 26.6 Å². The van der Waals surface area contributed by atoms with Gasteiger partial charge in [0.1, 0.15) is 22.3 Å². The highest BCUT2D eigenvalue weighted by Crippen LogP contribution is 2.37. The molecule has 1 saturated heterocycles. The second-order valence-electron chi connectivity index (χ2n) is 28.0. The van der Waals surface area contributed by atoms with Gasteiger partial charge >= 0.3 is 24.0 Å². The maximum atomic E-state index is 15.9. The van der Waals surface area contributed by atoms with E-state index < -0.39 is 118 Å². The molecule has 6 N–H and O–H groups in total. The van der Waals surface area contributed by atoms with Gasteiger partial charge in [-0.2, -0.15) is 0 Å². The molecule has 0 bridgehead atoms. The van der Waals surface area contributed by atoms with E-state index in [0.717, 1.165) is 22.1 Å². The molecular weight excluding hydrogens is 1280 g/mol. The van der Waals surface area contributed by atoms with Crippen molar-refractivity contribution in [2.45, 2.75) is 154 Å². The van der Waals surface area contributed by atoms with E-state index in [-0.39, 0.29) is 69.8 Å². The summed E-state index contributed by atoms with van der Waals surface area (Å²) in [5.41, 5.74) is -0.307. The van der Waals surface area contributed by atoms with Crippen molar-refractivity contribution in [2.24, 2.45) is 0 Å². The van der Waals surface area contributed by atoms with Crippen LogP contribution in [0, 0.1) is 10.1 Å². The van der Waals surface area contributed by atoms with Gasteiger partial charge in [-0.1, -0.05) is 134 Å². The van der Waals surface area contributed by atoms with Crippen LogP contribution < -0.4 is 26.6 Å². The summed E-state index contributed by atoms with van der Waals surface area (Å²) in [7, 11) is 0. The largest absolute Gasteiger partial charge is 0.481 e. The molecule has 25 heteroatoms. The number of carbonyl (C=O) groups is 9. The highest BCUT2D eigenvalue weighted by Gasteiger charge is 2.39. The molecule has 1 aliphatic rings. The Morgan fingerprint density at radius 2 is 1.04 bits per heavy atom. The first-order valence-electron chi connectivity index (χ1n) is 33.9. The summed E-state index contributed by atoms with van der Waals surface area (Å²) in [6.07, 6.45) is 1.34. The van der Waals surface area contributed by atoms with Crippen LogP contribution in [0.15, 0.2) is 146 Å². The Labute approximate surface area is 584 Å². The number of carbonyl (C=O) groups excluding carboxylic acids is 8. The van der Waals surface area contributed by atoms with Crippen LogP contribution in [0.3, 0.4) is 0 Å². The van der Waals surface area contributed by atoms with Crippen molar-refractivity contribution in [1.29, 1.82) is 0 Å². The molecule has 2 unspecified atom stereocenters. The number of carboxylic acids is 1. The second kappa shape index (κ2) is 35.8. The van der Waals surface area contributed by atoms with Gasteiger partial charge < -0.3 is 45.9 Å². The van der Waals surface area contributed by atoms with Crippen molar-refractivity contribution in [3.05, 3.63) is 184 Å². The van der Waals surface area contributed by atoms with Crippen LogP contribution in [0.1, 0.15) is 141 Å². The highest BCUT2D eigenvalue weighted by molar-refractivity contribution is 5.93. The monoisotopic (exact) mass is 1380 g/mol. The minimum Gasteiger partial charge on any atom is -0.481 e. The molecule has 25 nitrogen and oxygen atoms in total. The summed E-state index contributed by atoms with van der Waals surface area (Å²) in [5, 5.41) is 36.2. The molecule has 1 aliphatic heterocycles. The van der Waals surface area contributed by atoms with E-state index in [1.807, 2.05) is 118 Å². The molecule has 7 rings (SSSR count). The van der Waals surface area contributed by atoms with Crippen LogP contribution in [-0.4, -0.2) is 177 Å². The van der Waals surface area contributed by atoms with Crippen molar-refractivity contribution < 1.29 is 67.4 Å². The topological polar surface area (TPSA) is 319 Å². The van der Waals surface area contributed by atoms with Gasteiger partial charge in [-0.3, -0.25) is 67.7 Å². The number of nitrogens with one attached hydrogen (secondary N) is 5. The average Bonchev–Trinajstić information content (AvgIpc) is 0.866. The van der Waals surface area contributed by atoms with Gasteiger partial charge in [-0.15, -0.1) is 0 Å². The Balaban J connectivity index is 1.17. The number of nitrogens with zero attached hydrogens (tertiary/aromatic N) is 5. The minimum atomic E-state index is -1.33. The number of ether oxygens (including phenoxy) is 3. The zero-order chi connectivity index (χ0) is 72.8. The second-order valence-corrected chi connectivity index (χ2v) is 28.0. The number of unbranched alkanes of at least 4 members (excludes halogenated alkanes) is 1. The molecule has 0 spiro atoms. The van der Waals surface area contributed by atoms with Crippen molar-refractivity contribution in [2.75, 3.05) is 65.4 Å². The zero-order valence-corrected chi connectivity index (χ0v) is 58.7. The third kappa shape index (κ3) is 24.0. The van der Waals surface area contributed by atoms with Crippen LogP contribution in [0.5, 0.6) is 0 Å². The average molecular weight is 1380 g/mol. The number of nitro benzene ring substituents is 1. The molecule has 0 saturated carbocycles. The fourth-order valence-electron chi connectivity index (χ4n) is 12.2. The standard InChI is InChI=1S/C75H96N10O15/c1-72(2,3)98-68(92)50-81-39-40-82(51-69(93)99-73(4,5)6)42-44-83(43-41-81)62(37-38-64(87)80-75(53-25-13-10-14-26-53,54-27-15-11-16-28-54)55-29-17-12-18-30-55)70(94)78-56(45-52-49-84(71(95)100-74(7,8)9)60-34-22-20-32-57(52)60)31-19-24-36-63(86)76-47-65(88)77-48-66(89)79-59(46-67(90)91)58-33-21-23-35-61(58)85(96)97/h10-18,20-23,25-30,32-35,49,56,59,62H,19,24,31,36-48,50-51H2,1-9H3,(H,76,86)(H,77,88)(H,78,94)(H,79,89)(H,80,87)(H,90,91)/t56?,59?,62-/m0/s1. The maximum Gasteiger partial charge on any atom is 0.419 e. The SMILES string of the molecule is CC(C)(C)OC(=O)CN1CCN(CC(=O)OC(C)(C)C)CCN([C@@H](CCC(=O)NC(c2ccccc2)(c2ccccc2)c2ccccc2)C(=O)NC(CCCCC(=O)NCC(=O)NCC(=O)NC(CC(=O)O)c2ccccc2[N+](=O)[O-])Cc2cn(C(=O)OC(C)(C)C)c3ccccc23)CC1. The third-order valence-electron chi connectivity index (χ3n) is 16.5. The van der Waals surface area contributed by atoms with E-state index in [9.17, 15) is 48.8 Å². The van der Waals surface area contributed by atoms with Crippen molar-refractivity contribution >= 4 is 70.1 Å². The minimum absolute atomic E-state index is 0.00292. The lowest BCUT2D eigenvalue weighted by atomic mass is 9.77. The molecule has 2 heterocycles. The van der Waals surface area contributed by atoms with Gasteiger partial charge in [0.2, 0.25) is 29.5 Å². The first kappa shape index (κ1) is 77.5. The molecule has 5 aromatic carbocycles. The number of rotatable bonds is 30. The molecule has 1 fully saturated rings. The fraction of sp³-hybridized carbons (Fsp3) is 0.453. The summed E-state index contributed by atoms with van der Waals surface area (Å²) in [4.78, 5) is 140. The number of amides is 5. The lowest BCUT2D eigenvalue weighted by Crippen LogP contribution is -2.54. The van der Waals surface area contributed by atoms with Crippen molar-refractivity contribution in [3.63, 3.8) is 0 Å². The summed E-state index contributed by atoms with van der Waals surface area (Å²) in [5.74, 6) is -5.09. The number of benzene rings is 5. The molecule has 100 heavy (non-hydrogen) atoms. The van der Waals surface area contributed by atoms with Gasteiger partial charge in [-0.25, -0.2) is 4.79 Å². The van der Waals surface area contributed by atoms with E-state index >= 15 is 9.59 Å². The third-order valence-corrected chi connectivity index (χ3v) is 16.5. The van der Waals surface area contributed by atoms with E-state index in [0.29, 0.717) is 50.1 Å². The maximum absolute atomic E-state index is 15.9. The summed E-state index contributed by atoms with van der Waals surface area (Å²) < 4.78 is 18.9. The van der Waals surface area contributed by atoms with E-state index in [4.69, 9.17) is 14.2 Å². The Kier molecular flexibility index (Phi) is 27.7. The highest BCUT2D eigenvalue weighted by atomic mass is 16.6. The van der Waals surface area contributed by atoms with Crippen molar-refractivity contribution in [1.82, 2.24) is 45.9 Å². The lowest BCUT2D eigenvalue weighted by molar-refractivity contribution is -0.385. The predicted molar refractivity (Wildman–Crippen MR) is 376 cm³/mol. The lowest BCUT2D eigenvalue weighted by Gasteiger charge is -2.37. The molecule has 0 aliphatic carbocycles.